The number of fused-ring (bicyclic) bond motifs is 3. The second-order valence-electron chi connectivity index (χ2n) is 8.15. The molecule has 0 unspecified atom stereocenters. The summed E-state index contributed by atoms with van der Waals surface area (Å²) in [4.78, 5) is 7.66. The molecule has 3 aromatic rings. The number of nitrogens with zero attached hydrogens (tertiary/aromatic N) is 4. The molecule has 2 aliphatic rings. The molecule has 4 nitrogen and oxygen atoms in total. The van der Waals surface area contributed by atoms with Crippen molar-refractivity contribution < 1.29 is 0 Å². The largest absolute Gasteiger partial charge is 0.327 e. The van der Waals surface area contributed by atoms with Gasteiger partial charge >= 0.3 is 0 Å². The number of rotatable bonds is 2. The molecule has 0 spiro atoms. The van der Waals surface area contributed by atoms with Crippen molar-refractivity contribution in [2.45, 2.75) is 51.1 Å². The highest BCUT2D eigenvalue weighted by Gasteiger charge is 2.24. The van der Waals surface area contributed by atoms with Gasteiger partial charge in [-0.2, -0.15) is 5.26 Å². The Balaban J connectivity index is 1.43. The quantitative estimate of drug-likeness (QED) is 0.653. The van der Waals surface area contributed by atoms with Gasteiger partial charge in [0.25, 0.3) is 0 Å². The van der Waals surface area contributed by atoms with E-state index < -0.39 is 0 Å². The van der Waals surface area contributed by atoms with Crippen LogP contribution in [-0.4, -0.2) is 33.6 Å². The van der Waals surface area contributed by atoms with E-state index in [1.807, 2.05) is 24.3 Å². The Kier molecular flexibility index (Phi) is 4.62. The molecule has 1 aliphatic carbocycles. The van der Waals surface area contributed by atoms with E-state index in [0.717, 1.165) is 43.2 Å². The normalized spacial score (nSPS) is 18.5. The summed E-state index contributed by atoms with van der Waals surface area (Å²) in [6, 6.07) is 17.4. The summed E-state index contributed by atoms with van der Waals surface area (Å²) >= 11 is 0. The lowest BCUT2D eigenvalue weighted by Crippen LogP contribution is -2.38. The first-order valence-electron chi connectivity index (χ1n) is 10.6. The Hall–Kier alpha value is -2.64. The second kappa shape index (κ2) is 7.41. The second-order valence-corrected chi connectivity index (χ2v) is 8.15. The molecule has 2 heterocycles. The van der Waals surface area contributed by atoms with E-state index in [4.69, 9.17) is 10.2 Å². The fraction of sp³-hybridized carbons (Fsp3) is 0.417. The zero-order valence-electron chi connectivity index (χ0n) is 16.3. The van der Waals surface area contributed by atoms with Gasteiger partial charge in [-0.3, -0.25) is 4.90 Å². The van der Waals surface area contributed by atoms with E-state index in [9.17, 15) is 0 Å². The molecule has 1 aliphatic heterocycles. The van der Waals surface area contributed by atoms with Crippen molar-refractivity contribution in [3.8, 4) is 17.2 Å². The van der Waals surface area contributed by atoms with Crippen LogP contribution in [0.2, 0.25) is 0 Å². The zero-order chi connectivity index (χ0) is 18.9. The van der Waals surface area contributed by atoms with Crippen molar-refractivity contribution >= 4 is 11.0 Å². The summed E-state index contributed by atoms with van der Waals surface area (Å²) < 4.78 is 2.44. The lowest BCUT2D eigenvalue weighted by atomic mass is 9.94. The Bertz CT molecular complexity index is 1020. The van der Waals surface area contributed by atoms with Crippen LogP contribution in [0, 0.1) is 11.3 Å². The highest BCUT2D eigenvalue weighted by atomic mass is 15.2. The van der Waals surface area contributed by atoms with Crippen molar-refractivity contribution in [3.05, 3.63) is 53.9 Å². The fourth-order valence-electron chi connectivity index (χ4n) is 4.92. The van der Waals surface area contributed by atoms with Crippen molar-refractivity contribution in [1.82, 2.24) is 14.5 Å². The van der Waals surface area contributed by atoms with Crippen LogP contribution < -0.4 is 0 Å². The third-order valence-electron chi connectivity index (χ3n) is 6.50. The topological polar surface area (TPSA) is 44.9 Å². The zero-order valence-corrected chi connectivity index (χ0v) is 16.3. The molecule has 0 N–H and O–H groups in total. The minimum Gasteiger partial charge on any atom is -0.327 e. The maximum atomic E-state index is 9.02. The van der Waals surface area contributed by atoms with Gasteiger partial charge in [0.1, 0.15) is 5.82 Å². The number of hydrogen-bond acceptors (Lipinski definition) is 3. The summed E-state index contributed by atoms with van der Waals surface area (Å²) in [5.74, 6) is 1.23. The molecule has 4 heteroatoms. The van der Waals surface area contributed by atoms with Crippen LogP contribution in [0.1, 0.15) is 43.5 Å². The Morgan fingerprint density at radius 2 is 1.68 bits per heavy atom. The maximum Gasteiger partial charge on any atom is 0.111 e. The number of benzene rings is 2. The van der Waals surface area contributed by atoms with Gasteiger partial charge in [-0.25, -0.2) is 4.98 Å². The van der Waals surface area contributed by atoms with Crippen LogP contribution in [0.15, 0.2) is 42.5 Å². The van der Waals surface area contributed by atoms with Gasteiger partial charge in [0, 0.05) is 32.1 Å². The van der Waals surface area contributed by atoms with E-state index in [1.165, 1.54) is 49.0 Å². The smallest absolute Gasteiger partial charge is 0.111 e. The average Bonchev–Trinajstić information content (AvgIpc) is 2.97. The predicted molar refractivity (Wildman–Crippen MR) is 112 cm³/mol. The van der Waals surface area contributed by atoms with Crippen molar-refractivity contribution in [2.24, 2.45) is 0 Å². The van der Waals surface area contributed by atoms with Gasteiger partial charge in [0.15, 0.2) is 0 Å². The van der Waals surface area contributed by atoms with Crippen LogP contribution in [0.5, 0.6) is 0 Å². The van der Waals surface area contributed by atoms with Crippen LogP contribution in [-0.2, 0) is 13.0 Å². The first kappa shape index (κ1) is 17.5. The minimum atomic E-state index is 0.700. The molecule has 1 aromatic heterocycles. The third-order valence-corrected chi connectivity index (χ3v) is 6.50. The summed E-state index contributed by atoms with van der Waals surface area (Å²) in [5, 5.41) is 9.02. The fourth-order valence-corrected chi connectivity index (χ4v) is 4.92. The van der Waals surface area contributed by atoms with E-state index in [1.54, 1.807) is 0 Å². The Morgan fingerprint density at radius 1 is 0.893 bits per heavy atom. The van der Waals surface area contributed by atoms with Gasteiger partial charge < -0.3 is 4.57 Å². The van der Waals surface area contributed by atoms with E-state index >= 15 is 0 Å². The molecule has 0 radical (unpaired) electrons. The average molecular weight is 371 g/mol. The molecular weight excluding hydrogens is 344 g/mol. The van der Waals surface area contributed by atoms with Gasteiger partial charge in [0.2, 0.25) is 0 Å². The van der Waals surface area contributed by atoms with E-state index in [2.05, 4.69) is 33.7 Å². The number of imidazole rings is 1. The van der Waals surface area contributed by atoms with Gasteiger partial charge in [-0.05, 0) is 48.2 Å². The molecule has 28 heavy (non-hydrogen) atoms. The van der Waals surface area contributed by atoms with E-state index in [0.29, 0.717) is 5.56 Å². The Morgan fingerprint density at radius 3 is 2.46 bits per heavy atom. The number of hydrogen-bond donors (Lipinski definition) is 0. The maximum absolute atomic E-state index is 9.02. The highest BCUT2D eigenvalue weighted by Crippen LogP contribution is 2.28. The number of aromatic nitrogens is 2. The van der Waals surface area contributed by atoms with Crippen LogP contribution in [0.4, 0.5) is 0 Å². The highest BCUT2D eigenvalue weighted by molar-refractivity contribution is 5.83. The molecule has 0 saturated heterocycles. The van der Waals surface area contributed by atoms with Gasteiger partial charge in [-0.15, -0.1) is 0 Å². The van der Waals surface area contributed by atoms with Crippen molar-refractivity contribution in [1.29, 1.82) is 5.26 Å². The summed E-state index contributed by atoms with van der Waals surface area (Å²) in [6.07, 6.45) is 7.97. The van der Waals surface area contributed by atoms with Crippen LogP contribution in [0.25, 0.3) is 22.2 Å². The monoisotopic (exact) mass is 370 g/mol. The molecule has 142 valence electrons. The third kappa shape index (κ3) is 3.21. The first-order valence-corrected chi connectivity index (χ1v) is 10.6. The van der Waals surface area contributed by atoms with Crippen molar-refractivity contribution in [3.63, 3.8) is 0 Å². The van der Waals surface area contributed by atoms with Crippen molar-refractivity contribution in [2.75, 3.05) is 13.1 Å². The SMILES string of the molecule is N#Cc1ccc(-c2ccc3nc4n(c3c2)CCN(C2CCCCC2)CC4)cc1. The summed E-state index contributed by atoms with van der Waals surface area (Å²) in [5.41, 5.74) is 5.37. The molecule has 1 saturated carbocycles. The molecule has 5 rings (SSSR count). The minimum absolute atomic E-state index is 0.700. The summed E-state index contributed by atoms with van der Waals surface area (Å²) in [7, 11) is 0. The molecule has 0 bridgehead atoms. The van der Waals surface area contributed by atoms with Crippen LogP contribution in [0.3, 0.4) is 0 Å². The lowest BCUT2D eigenvalue weighted by molar-refractivity contribution is 0.159. The molecular formula is C24H26N4. The van der Waals surface area contributed by atoms with E-state index in [-0.39, 0.29) is 0 Å². The molecule has 0 atom stereocenters. The molecule has 1 fully saturated rings. The van der Waals surface area contributed by atoms with Gasteiger partial charge in [0.05, 0.1) is 22.7 Å². The van der Waals surface area contributed by atoms with Gasteiger partial charge in [-0.1, -0.05) is 37.5 Å². The lowest BCUT2D eigenvalue weighted by Gasteiger charge is -2.33. The molecule has 0 amide bonds. The predicted octanol–water partition coefficient (Wildman–Crippen LogP) is 4.77. The standard InChI is InChI=1S/C24H26N4/c25-17-18-6-8-19(9-7-18)20-10-11-22-23(16-20)28-15-14-27(13-12-24(28)26-22)21-4-2-1-3-5-21/h6-11,16,21H,1-5,12-15H2. The molecule has 2 aromatic carbocycles. The number of nitriles is 1. The van der Waals surface area contributed by atoms with Crippen LogP contribution >= 0.6 is 0 Å². The first-order chi connectivity index (χ1) is 13.8. The Labute approximate surface area is 166 Å². The summed E-state index contributed by atoms with van der Waals surface area (Å²) in [6.45, 7) is 3.29.